The molecule has 0 radical (unpaired) electrons. The third-order valence-corrected chi connectivity index (χ3v) is 6.48. The Labute approximate surface area is 186 Å². The Morgan fingerprint density at radius 1 is 1.38 bits per heavy atom. The van der Waals surface area contributed by atoms with E-state index in [0.29, 0.717) is 25.6 Å². The lowest BCUT2D eigenvalue weighted by atomic mass is 9.79. The number of carboxylic acid groups (broad SMARTS) is 1. The minimum atomic E-state index is -5.08. The molecule has 11 heteroatoms. The van der Waals surface area contributed by atoms with Crippen LogP contribution in [0.15, 0.2) is 36.0 Å². The molecule has 2 fully saturated rings. The highest BCUT2D eigenvalue weighted by Gasteiger charge is 2.54. The van der Waals surface area contributed by atoms with Crippen LogP contribution in [-0.2, 0) is 9.53 Å². The first-order valence-electron chi connectivity index (χ1n) is 9.92. The van der Waals surface area contributed by atoms with Gasteiger partial charge in [0.1, 0.15) is 11.4 Å². The van der Waals surface area contributed by atoms with Gasteiger partial charge in [-0.05, 0) is 54.8 Å². The van der Waals surface area contributed by atoms with Gasteiger partial charge in [0.25, 0.3) is 5.91 Å². The molecule has 1 atom stereocenters. The summed E-state index contributed by atoms with van der Waals surface area (Å²) in [6.45, 7) is 4.81. The first-order valence-corrected chi connectivity index (χ1v) is 10.8. The third kappa shape index (κ3) is 5.57. The lowest BCUT2D eigenvalue weighted by molar-refractivity contribution is -0.192. The van der Waals surface area contributed by atoms with Crippen LogP contribution in [0.5, 0.6) is 5.75 Å². The molecule has 0 bridgehead atoms. The Morgan fingerprint density at radius 2 is 2.09 bits per heavy atom. The summed E-state index contributed by atoms with van der Waals surface area (Å²) in [5.41, 5.74) is 0.892. The van der Waals surface area contributed by atoms with Crippen molar-refractivity contribution in [3.8, 4) is 5.75 Å². The van der Waals surface area contributed by atoms with Crippen molar-refractivity contribution in [3.63, 3.8) is 0 Å². The SMILES string of the molecule is Cc1ccsc1C(=O)N1CC2(C1)OCCC2CCOc1cccnc1.O=C(O)C(F)(F)F. The molecule has 1 N–H and O–H groups in total. The maximum Gasteiger partial charge on any atom is 0.490 e. The maximum absolute atomic E-state index is 12.6. The van der Waals surface area contributed by atoms with Gasteiger partial charge in [-0.15, -0.1) is 11.3 Å². The monoisotopic (exact) mass is 472 g/mol. The number of alkyl halides is 3. The van der Waals surface area contributed by atoms with Gasteiger partial charge in [-0.2, -0.15) is 13.2 Å². The van der Waals surface area contributed by atoms with E-state index in [-0.39, 0.29) is 11.5 Å². The predicted octanol–water partition coefficient (Wildman–Crippen LogP) is 3.79. The number of aryl methyl sites for hydroxylation is 1. The second-order valence-electron chi connectivity index (χ2n) is 7.62. The van der Waals surface area contributed by atoms with Gasteiger partial charge in [-0.25, -0.2) is 4.79 Å². The standard InChI is InChI=1S/C19H22N2O3S.C2HF3O2/c1-14-6-10-25-17(14)18(22)21-12-19(13-21)15(5-9-24-19)4-8-23-16-3-2-7-20-11-16;3-2(4,5)1(6)7/h2-3,6-7,10-11,15H,4-5,8-9,12-13H2,1H3;(H,6,7). The zero-order valence-corrected chi connectivity index (χ0v) is 18.1. The van der Waals surface area contributed by atoms with E-state index in [2.05, 4.69) is 4.98 Å². The zero-order valence-electron chi connectivity index (χ0n) is 17.3. The Kier molecular flexibility index (Phi) is 7.40. The van der Waals surface area contributed by atoms with Crippen molar-refractivity contribution >= 4 is 23.2 Å². The largest absolute Gasteiger partial charge is 0.492 e. The second-order valence-corrected chi connectivity index (χ2v) is 8.54. The molecule has 1 unspecified atom stereocenters. The number of nitrogens with zero attached hydrogens (tertiary/aromatic N) is 2. The van der Waals surface area contributed by atoms with E-state index in [1.165, 1.54) is 11.3 Å². The van der Waals surface area contributed by atoms with Crippen LogP contribution in [0.3, 0.4) is 0 Å². The lowest BCUT2D eigenvalue weighted by Gasteiger charge is -2.50. The molecule has 1 spiro atoms. The molecule has 2 aliphatic heterocycles. The third-order valence-electron chi connectivity index (χ3n) is 5.47. The number of amides is 1. The molecule has 0 saturated carbocycles. The van der Waals surface area contributed by atoms with Gasteiger partial charge < -0.3 is 19.5 Å². The number of thiophene rings is 1. The highest BCUT2D eigenvalue weighted by Crippen LogP contribution is 2.42. The molecule has 174 valence electrons. The van der Waals surface area contributed by atoms with Crippen molar-refractivity contribution in [1.82, 2.24) is 9.88 Å². The van der Waals surface area contributed by atoms with Crippen LogP contribution in [0.4, 0.5) is 13.2 Å². The van der Waals surface area contributed by atoms with E-state index in [1.54, 1.807) is 12.4 Å². The van der Waals surface area contributed by atoms with Gasteiger partial charge in [0.05, 0.1) is 30.8 Å². The molecule has 1 amide bonds. The Bertz CT molecular complexity index is 929. The Morgan fingerprint density at radius 3 is 2.66 bits per heavy atom. The van der Waals surface area contributed by atoms with Crippen LogP contribution in [-0.4, -0.2) is 64.9 Å². The van der Waals surface area contributed by atoms with Crippen molar-refractivity contribution in [2.75, 3.05) is 26.3 Å². The summed E-state index contributed by atoms with van der Waals surface area (Å²) in [4.78, 5) is 28.3. The number of rotatable bonds is 5. The summed E-state index contributed by atoms with van der Waals surface area (Å²) in [5, 5.41) is 9.10. The van der Waals surface area contributed by atoms with Gasteiger partial charge >= 0.3 is 12.1 Å². The normalized spacial score (nSPS) is 19.1. The highest BCUT2D eigenvalue weighted by atomic mass is 32.1. The first kappa shape index (κ1) is 24.0. The van der Waals surface area contributed by atoms with E-state index in [1.807, 2.05) is 35.4 Å². The van der Waals surface area contributed by atoms with Gasteiger partial charge in [0.15, 0.2) is 0 Å². The number of carbonyl (C=O) groups is 2. The Hall–Kier alpha value is -2.66. The molecule has 2 aromatic heterocycles. The fraction of sp³-hybridized carbons (Fsp3) is 0.476. The van der Waals surface area contributed by atoms with Crippen LogP contribution >= 0.6 is 11.3 Å². The van der Waals surface area contributed by atoms with E-state index in [0.717, 1.165) is 35.6 Å². The van der Waals surface area contributed by atoms with Crippen molar-refractivity contribution in [2.24, 2.45) is 5.92 Å². The molecule has 2 aliphatic rings. The van der Waals surface area contributed by atoms with E-state index >= 15 is 0 Å². The number of hydrogen-bond donors (Lipinski definition) is 1. The van der Waals surface area contributed by atoms with Gasteiger partial charge in [0, 0.05) is 12.8 Å². The molecule has 0 aliphatic carbocycles. The van der Waals surface area contributed by atoms with E-state index in [9.17, 15) is 18.0 Å². The molecule has 7 nitrogen and oxygen atoms in total. The van der Waals surface area contributed by atoms with Gasteiger partial charge in [-0.3, -0.25) is 9.78 Å². The maximum atomic E-state index is 12.6. The second kappa shape index (κ2) is 9.86. The van der Waals surface area contributed by atoms with Crippen LogP contribution in [0, 0.1) is 12.8 Å². The van der Waals surface area contributed by atoms with Crippen LogP contribution < -0.4 is 4.74 Å². The van der Waals surface area contributed by atoms with Crippen LogP contribution in [0.25, 0.3) is 0 Å². The summed E-state index contributed by atoms with van der Waals surface area (Å²) in [6.07, 6.45) is 0.362. The molecule has 4 heterocycles. The smallest absolute Gasteiger partial charge is 0.490 e. The van der Waals surface area contributed by atoms with Crippen molar-refractivity contribution in [2.45, 2.75) is 31.5 Å². The number of aliphatic carboxylic acids is 1. The molecule has 32 heavy (non-hydrogen) atoms. The fourth-order valence-corrected chi connectivity index (χ4v) is 4.66. The van der Waals surface area contributed by atoms with Gasteiger partial charge in [0.2, 0.25) is 0 Å². The first-order chi connectivity index (χ1) is 15.1. The minimum Gasteiger partial charge on any atom is -0.492 e. The number of likely N-dealkylation sites (tertiary alicyclic amines) is 1. The molecular weight excluding hydrogens is 449 g/mol. The highest BCUT2D eigenvalue weighted by molar-refractivity contribution is 7.12. The zero-order chi connectivity index (χ0) is 23.4. The molecule has 2 aromatic rings. The number of carboxylic acids is 1. The summed E-state index contributed by atoms with van der Waals surface area (Å²) in [6, 6.07) is 5.79. The average molecular weight is 472 g/mol. The van der Waals surface area contributed by atoms with E-state index in [4.69, 9.17) is 19.4 Å². The van der Waals surface area contributed by atoms with Crippen molar-refractivity contribution in [1.29, 1.82) is 0 Å². The van der Waals surface area contributed by atoms with Crippen molar-refractivity contribution < 1.29 is 37.3 Å². The quantitative estimate of drug-likeness (QED) is 0.713. The molecular formula is C21H23F3N2O5S. The molecule has 2 saturated heterocycles. The van der Waals surface area contributed by atoms with Crippen LogP contribution in [0.1, 0.15) is 28.1 Å². The summed E-state index contributed by atoms with van der Waals surface area (Å²) in [7, 11) is 0. The molecule has 4 rings (SSSR count). The number of carbonyl (C=O) groups excluding carboxylic acids is 1. The number of ether oxygens (including phenoxy) is 2. The summed E-state index contributed by atoms with van der Waals surface area (Å²) < 4.78 is 43.6. The number of hydrogen-bond acceptors (Lipinski definition) is 6. The Balaban J connectivity index is 0.000000360. The predicted molar refractivity (Wildman–Crippen MR) is 110 cm³/mol. The van der Waals surface area contributed by atoms with E-state index < -0.39 is 12.1 Å². The fourth-order valence-electron chi connectivity index (χ4n) is 3.77. The summed E-state index contributed by atoms with van der Waals surface area (Å²) >= 11 is 1.52. The minimum absolute atomic E-state index is 0.138. The van der Waals surface area contributed by atoms with Crippen LogP contribution in [0.2, 0.25) is 0 Å². The van der Waals surface area contributed by atoms with Crippen molar-refractivity contribution in [3.05, 3.63) is 46.4 Å². The lowest BCUT2D eigenvalue weighted by Crippen LogP contribution is -2.66. The number of halogens is 3. The topological polar surface area (TPSA) is 89.0 Å². The summed E-state index contributed by atoms with van der Waals surface area (Å²) in [5.74, 6) is -1.38. The molecule has 0 aromatic carbocycles. The average Bonchev–Trinajstić information content (AvgIpc) is 3.33. The number of aromatic nitrogens is 1. The number of pyridine rings is 1. The van der Waals surface area contributed by atoms with Gasteiger partial charge in [-0.1, -0.05) is 0 Å².